The van der Waals surface area contributed by atoms with Crippen LogP contribution in [0, 0.1) is 0 Å². The minimum absolute atomic E-state index is 0. The summed E-state index contributed by atoms with van der Waals surface area (Å²) in [5.74, 6) is 0. The average molecular weight is 356 g/mol. The van der Waals surface area contributed by atoms with Gasteiger partial charge in [0.1, 0.15) is 0 Å². The van der Waals surface area contributed by atoms with Gasteiger partial charge in [-0.2, -0.15) is 4.90 Å². The van der Waals surface area contributed by atoms with Crippen molar-refractivity contribution < 1.29 is 22.4 Å². The van der Waals surface area contributed by atoms with E-state index in [1.54, 1.807) is 0 Å². The van der Waals surface area contributed by atoms with Crippen molar-refractivity contribution in [2.75, 3.05) is 0 Å². The molecule has 0 saturated carbocycles. The van der Waals surface area contributed by atoms with Gasteiger partial charge in [-0.3, -0.25) is 0 Å². The van der Waals surface area contributed by atoms with E-state index in [4.69, 9.17) is 12.6 Å². The topological polar surface area (TPSA) is 0 Å². The minimum Gasteiger partial charge on any atom is -0.780 e. The van der Waals surface area contributed by atoms with Crippen molar-refractivity contribution in [3.05, 3.63) is 42.5 Å². The Morgan fingerprint density at radius 2 is 1.50 bits per heavy atom. The van der Waals surface area contributed by atoms with Gasteiger partial charge in [0.2, 0.25) is 0 Å². The molecule has 0 heterocycles. The normalized spacial score (nSPS) is 9.33. The monoisotopic (exact) mass is 356 g/mol. The number of rotatable bonds is 0. The summed E-state index contributed by atoms with van der Waals surface area (Å²) in [7, 11) is 0. The van der Waals surface area contributed by atoms with Crippen LogP contribution < -0.4 is 0 Å². The summed E-state index contributed by atoms with van der Waals surface area (Å²) in [6.07, 6.45) is 0. The van der Waals surface area contributed by atoms with Crippen LogP contribution in [-0.4, -0.2) is 0 Å². The van der Waals surface area contributed by atoms with Crippen LogP contribution in [0.3, 0.4) is 0 Å². The van der Waals surface area contributed by atoms with E-state index in [1.807, 2.05) is 24.3 Å². The molecule has 0 aromatic heterocycles. The molecular formula is C10H7AuS. The van der Waals surface area contributed by atoms with Crippen molar-refractivity contribution >= 4 is 23.4 Å². The molecule has 0 nitrogen and oxygen atoms in total. The number of hydrogen-bond donors (Lipinski definition) is 0. The Bertz CT molecular complexity index is 384. The van der Waals surface area contributed by atoms with Gasteiger partial charge >= 0.3 is 22.4 Å². The quantitative estimate of drug-likeness (QED) is 0.517. The first kappa shape index (κ1) is 9.75. The Balaban J connectivity index is 0.000000720. The van der Waals surface area contributed by atoms with E-state index in [-0.39, 0.29) is 22.4 Å². The zero-order valence-corrected chi connectivity index (χ0v) is 9.23. The second-order valence-electron chi connectivity index (χ2n) is 2.51. The summed E-state index contributed by atoms with van der Waals surface area (Å²) in [5.41, 5.74) is 0. The van der Waals surface area contributed by atoms with E-state index in [0.29, 0.717) is 0 Å². The van der Waals surface area contributed by atoms with E-state index >= 15 is 0 Å². The summed E-state index contributed by atoms with van der Waals surface area (Å²) in [6.45, 7) is 0. The molecule has 0 unspecified atom stereocenters. The SMILES string of the molecule is [Au+].[S-]c1ccc2ccccc2c1. The van der Waals surface area contributed by atoms with Crippen LogP contribution in [0.15, 0.2) is 47.4 Å². The minimum atomic E-state index is 0. The molecular weight excluding hydrogens is 349 g/mol. The fourth-order valence-corrected chi connectivity index (χ4v) is 1.36. The standard InChI is InChI=1S/C10H8S.Au/c11-10-6-5-8-3-1-2-4-9(8)7-10;/h1-7,11H;/q;+1/p-1. The average Bonchev–Trinajstić information content (AvgIpc) is 2.04. The molecule has 0 aliphatic rings. The zero-order valence-electron chi connectivity index (χ0n) is 6.25. The first-order valence-corrected chi connectivity index (χ1v) is 3.93. The third kappa shape index (κ3) is 1.87. The van der Waals surface area contributed by atoms with Gasteiger partial charge in [0, 0.05) is 0 Å². The van der Waals surface area contributed by atoms with Gasteiger partial charge in [-0.25, -0.2) is 0 Å². The Morgan fingerprint density at radius 3 is 2.25 bits per heavy atom. The Morgan fingerprint density at radius 1 is 0.833 bits per heavy atom. The molecule has 0 radical (unpaired) electrons. The molecule has 64 valence electrons. The molecule has 0 aliphatic carbocycles. The van der Waals surface area contributed by atoms with Crippen LogP contribution in [0.1, 0.15) is 0 Å². The number of fused-ring (bicyclic) bond motifs is 1. The molecule has 2 aromatic carbocycles. The first-order chi connectivity index (χ1) is 5.36. The van der Waals surface area contributed by atoms with Gasteiger partial charge < -0.3 is 12.6 Å². The summed E-state index contributed by atoms with van der Waals surface area (Å²) < 4.78 is 0. The van der Waals surface area contributed by atoms with Gasteiger partial charge in [-0.15, -0.1) is 0 Å². The van der Waals surface area contributed by atoms with Crippen molar-refractivity contribution in [2.24, 2.45) is 0 Å². The van der Waals surface area contributed by atoms with Crippen LogP contribution in [0.4, 0.5) is 0 Å². The maximum Gasteiger partial charge on any atom is 1.00 e. The molecule has 0 aliphatic heterocycles. The fraction of sp³-hybridized carbons (Fsp3) is 0. The summed E-state index contributed by atoms with van der Waals surface area (Å²) in [5, 5.41) is 2.47. The molecule has 2 rings (SSSR count). The van der Waals surface area contributed by atoms with E-state index in [9.17, 15) is 0 Å². The molecule has 0 N–H and O–H groups in total. The van der Waals surface area contributed by atoms with Crippen molar-refractivity contribution in [2.45, 2.75) is 4.90 Å². The van der Waals surface area contributed by atoms with Crippen LogP contribution >= 0.6 is 0 Å². The van der Waals surface area contributed by atoms with Crippen molar-refractivity contribution in [3.63, 3.8) is 0 Å². The smallest absolute Gasteiger partial charge is 0.780 e. The third-order valence-electron chi connectivity index (χ3n) is 1.72. The predicted octanol–water partition coefficient (Wildman–Crippen LogP) is 2.74. The Kier molecular flexibility index (Phi) is 3.29. The molecule has 0 bridgehead atoms. The molecule has 0 saturated heterocycles. The Labute approximate surface area is 92.9 Å². The molecule has 0 amide bonds. The molecule has 0 fully saturated rings. The van der Waals surface area contributed by atoms with Crippen LogP contribution in [0.25, 0.3) is 10.8 Å². The zero-order chi connectivity index (χ0) is 7.68. The largest absolute Gasteiger partial charge is 1.00 e. The van der Waals surface area contributed by atoms with Crippen LogP contribution in [-0.2, 0) is 35.0 Å². The number of benzene rings is 2. The second-order valence-corrected chi connectivity index (χ2v) is 2.98. The maximum absolute atomic E-state index is 5.04. The van der Waals surface area contributed by atoms with Crippen molar-refractivity contribution in [1.82, 2.24) is 0 Å². The van der Waals surface area contributed by atoms with Gasteiger partial charge in [0.05, 0.1) is 0 Å². The predicted molar refractivity (Wildman–Crippen MR) is 49.6 cm³/mol. The van der Waals surface area contributed by atoms with Crippen LogP contribution in [0.2, 0.25) is 0 Å². The second kappa shape index (κ2) is 4.06. The fourth-order valence-electron chi connectivity index (χ4n) is 1.17. The first-order valence-electron chi connectivity index (χ1n) is 3.52. The van der Waals surface area contributed by atoms with Crippen molar-refractivity contribution in [1.29, 1.82) is 0 Å². The van der Waals surface area contributed by atoms with E-state index in [2.05, 4.69) is 18.2 Å². The Hall–Kier alpha value is -0.340. The van der Waals surface area contributed by atoms with Gasteiger partial charge in [-0.05, 0) is 10.8 Å². The summed E-state index contributed by atoms with van der Waals surface area (Å²) in [4.78, 5) is 0.906. The third-order valence-corrected chi connectivity index (χ3v) is 1.97. The molecule has 2 aromatic rings. The van der Waals surface area contributed by atoms with E-state index in [1.165, 1.54) is 10.8 Å². The molecule has 0 spiro atoms. The van der Waals surface area contributed by atoms with Crippen molar-refractivity contribution in [3.8, 4) is 0 Å². The van der Waals surface area contributed by atoms with Crippen LogP contribution in [0.5, 0.6) is 0 Å². The van der Waals surface area contributed by atoms with E-state index in [0.717, 1.165) is 4.90 Å². The maximum atomic E-state index is 5.04. The number of hydrogen-bond acceptors (Lipinski definition) is 1. The molecule has 12 heavy (non-hydrogen) atoms. The van der Waals surface area contributed by atoms with E-state index < -0.39 is 0 Å². The summed E-state index contributed by atoms with van der Waals surface area (Å²) >= 11 is 5.04. The van der Waals surface area contributed by atoms with Gasteiger partial charge in [0.25, 0.3) is 0 Å². The molecule has 2 heteroatoms. The summed E-state index contributed by atoms with van der Waals surface area (Å²) in [6, 6.07) is 14.2. The molecule has 0 atom stereocenters. The van der Waals surface area contributed by atoms with Gasteiger partial charge in [-0.1, -0.05) is 42.5 Å². The van der Waals surface area contributed by atoms with Gasteiger partial charge in [0.15, 0.2) is 0 Å².